The van der Waals surface area contributed by atoms with Gasteiger partial charge in [-0.05, 0) is 43.8 Å². The van der Waals surface area contributed by atoms with Crippen molar-refractivity contribution >= 4 is 0 Å². The van der Waals surface area contributed by atoms with Crippen molar-refractivity contribution < 1.29 is 27.6 Å². The van der Waals surface area contributed by atoms with Crippen LogP contribution in [0.4, 0.5) is 0 Å². The third-order valence-electron chi connectivity index (χ3n) is 5.53. The van der Waals surface area contributed by atoms with Crippen molar-refractivity contribution in [3.8, 4) is 0 Å². The second-order valence-electron chi connectivity index (χ2n) is 8.27. The monoisotopic (exact) mass is 419 g/mol. The van der Waals surface area contributed by atoms with Crippen molar-refractivity contribution in [2.45, 2.75) is 129 Å². The van der Waals surface area contributed by atoms with E-state index in [4.69, 9.17) is 0 Å². The number of allylic oxidation sites excluding steroid dienone is 2. The molecule has 0 heterocycles. The van der Waals surface area contributed by atoms with Crippen LogP contribution in [0, 0.1) is 0 Å². The Balaban J connectivity index is 0. The molecule has 0 aliphatic carbocycles. The maximum atomic E-state index is 9.46. The van der Waals surface area contributed by atoms with Gasteiger partial charge in [0.2, 0.25) is 0 Å². The first kappa shape index (κ1) is 30.1. The Morgan fingerprint density at radius 3 is 1.29 bits per heavy atom. The highest BCUT2D eigenvalue weighted by molar-refractivity contribution is 4.81. The summed E-state index contributed by atoms with van der Waals surface area (Å²) in [5, 5.41) is 18.9. The molecule has 0 radical (unpaired) electrons. The van der Waals surface area contributed by atoms with Crippen molar-refractivity contribution in [2.24, 2.45) is 0 Å². The molecule has 0 aromatic carbocycles. The third-order valence-corrected chi connectivity index (χ3v) is 5.53. The largest absolute Gasteiger partial charge is 1.00 e. The minimum atomic E-state index is -0.811. The zero-order valence-corrected chi connectivity index (χ0v) is 19.8. The molecule has 0 unspecified atom stereocenters. The van der Waals surface area contributed by atoms with Crippen LogP contribution in [0.2, 0.25) is 0 Å². The van der Waals surface area contributed by atoms with Gasteiger partial charge in [0.25, 0.3) is 0 Å². The molecule has 170 valence electrons. The Morgan fingerprint density at radius 1 is 0.536 bits per heavy atom. The quantitative estimate of drug-likeness (QED) is 0.116. The lowest BCUT2D eigenvalue weighted by molar-refractivity contribution is -1.24. The van der Waals surface area contributed by atoms with Crippen LogP contribution in [0.5, 0.6) is 0 Å². The van der Waals surface area contributed by atoms with Crippen molar-refractivity contribution in [1.29, 1.82) is 0 Å². The van der Waals surface area contributed by atoms with Crippen molar-refractivity contribution in [3.63, 3.8) is 0 Å². The standard InChI is InChI=1S/C24H50NO2.ClH/c1-3-5-6-7-8-9-10-11-12-13-14-15-16-17-18-19-20-21-22-23-24-25(26,27)4-2;/h11-12,26-27H,3-10,13-24H2,1-2H3;1H/q+1;/p-1/b12-11-;. The van der Waals surface area contributed by atoms with Crippen LogP contribution >= 0.6 is 0 Å². The van der Waals surface area contributed by atoms with E-state index in [9.17, 15) is 10.4 Å². The Morgan fingerprint density at radius 2 is 0.893 bits per heavy atom. The van der Waals surface area contributed by atoms with Gasteiger partial charge in [0.05, 0.1) is 0 Å². The highest BCUT2D eigenvalue weighted by Gasteiger charge is 2.17. The summed E-state index contributed by atoms with van der Waals surface area (Å²) < 4.78 is 0. The average molecular weight is 420 g/mol. The molecule has 0 saturated carbocycles. The zero-order chi connectivity index (χ0) is 20.1. The summed E-state index contributed by atoms with van der Waals surface area (Å²) in [5.41, 5.74) is 0. The number of hydrogen-bond acceptors (Lipinski definition) is 2. The van der Waals surface area contributed by atoms with Crippen molar-refractivity contribution in [1.82, 2.24) is 0 Å². The maximum Gasteiger partial charge on any atom is 0.142 e. The topological polar surface area (TPSA) is 40.5 Å². The number of halogens is 1. The lowest BCUT2D eigenvalue weighted by Crippen LogP contribution is -3.00. The number of unbranched alkanes of at least 4 members (excludes halogenated alkanes) is 16. The number of hydrogen-bond donors (Lipinski definition) is 2. The van der Waals surface area contributed by atoms with Gasteiger partial charge in [-0.2, -0.15) is 10.4 Å². The van der Waals surface area contributed by atoms with Gasteiger partial charge in [-0.15, -0.1) is 0 Å². The van der Waals surface area contributed by atoms with Crippen LogP contribution in [0.3, 0.4) is 0 Å². The SMILES string of the molecule is CCCCCCCC/C=C\CCCCCCCCCCCC[N+](O)(O)CC.[Cl-]. The second kappa shape index (κ2) is 23.2. The van der Waals surface area contributed by atoms with E-state index in [2.05, 4.69) is 19.1 Å². The van der Waals surface area contributed by atoms with Gasteiger partial charge in [0.1, 0.15) is 13.1 Å². The molecular weight excluding hydrogens is 370 g/mol. The zero-order valence-electron chi connectivity index (χ0n) is 19.0. The van der Waals surface area contributed by atoms with Crippen LogP contribution in [0.1, 0.15) is 129 Å². The first-order valence-corrected chi connectivity index (χ1v) is 12.1. The highest BCUT2D eigenvalue weighted by Crippen LogP contribution is 2.13. The van der Waals surface area contributed by atoms with E-state index >= 15 is 0 Å². The Bertz CT molecular complexity index is 322. The summed E-state index contributed by atoms with van der Waals surface area (Å²) >= 11 is 0. The molecule has 0 atom stereocenters. The molecule has 4 heteroatoms. The van der Waals surface area contributed by atoms with Gasteiger partial charge in [0, 0.05) is 6.42 Å². The molecule has 0 rings (SSSR count). The molecule has 0 saturated heterocycles. The van der Waals surface area contributed by atoms with E-state index in [0.29, 0.717) is 13.1 Å². The Kier molecular flexibility index (Phi) is 24.9. The van der Waals surface area contributed by atoms with Gasteiger partial charge < -0.3 is 12.4 Å². The molecule has 2 N–H and O–H groups in total. The number of hydroxylamine groups is 4. The van der Waals surface area contributed by atoms with E-state index in [-0.39, 0.29) is 12.4 Å². The van der Waals surface area contributed by atoms with Gasteiger partial charge in [0.15, 0.2) is 0 Å². The molecule has 28 heavy (non-hydrogen) atoms. The van der Waals surface area contributed by atoms with E-state index in [1.165, 1.54) is 103 Å². The molecule has 0 amide bonds. The molecule has 0 spiro atoms. The predicted molar refractivity (Wildman–Crippen MR) is 117 cm³/mol. The first-order chi connectivity index (χ1) is 13.1. The second-order valence-corrected chi connectivity index (χ2v) is 8.27. The molecule has 0 fully saturated rings. The van der Waals surface area contributed by atoms with Gasteiger partial charge in [-0.25, -0.2) is 0 Å². The van der Waals surface area contributed by atoms with Crippen molar-refractivity contribution in [2.75, 3.05) is 13.1 Å². The summed E-state index contributed by atoms with van der Waals surface area (Å²) in [6, 6.07) is 0. The fourth-order valence-corrected chi connectivity index (χ4v) is 3.48. The number of rotatable bonds is 21. The third kappa shape index (κ3) is 23.9. The van der Waals surface area contributed by atoms with Crippen LogP contribution in [0.15, 0.2) is 12.2 Å². The molecule has 0 aromatic rings. The van der Waals surface area contributed by atoms with E-state index in [0.717, 1.165) is 12.8 Å². The van der Waals surface area contributed by atoms with Crippen LogP contribution in [-0.4, -0.2) is 28.3 Å². The van der Waals surface area contributed by atoms with E-state index in [1.54, 1.807) is 6.92 Å². The summed E-state index contributed by atoms with van der Waals surface area (Å²) in [6.07, 6.45) is 28.5. The minimum Gasteiger partial charge on any atom is -1.00 e. The molecule has 0 bridgehead atoms. The first-order valence-electron chi connectivity index (χ1n) is 12.1. The van der Waals surface area contributed by atoms with Gasteiger partial charge >= 0.3 is 0 Å². The predicted octanol–water partition coefficient (Wildman–Crippen LogP) is 5.20. The van der Waals surface area contributed by atoms with E-state index < -0.39 is 4.81 Å². The summed E-state index contributed by atoms with van der Waals surface area (Å²) in [6.45, 7) is 4.91. The van der Waals surface area contributed by atoms with Crippen LogP contribution in [-0.2, 0) is 0 Å². The molecule has 3 nitrogen and oxygen atoms in total. The smallest absolute Gasteiger partial charge is 0.142 e. The Hall–Kier alpha value is -0.0900. The highest BCUT2D eigenvalue weighted by atomic mass is 35.5. The lowest BCUT2D eigenvalue weighted by Gasteiger charge is -2.18. The fraction of sp³-hybridized carbons (Fsp3) is 0.917. The number of nitrogens with zero attached hydrogens (tertiary/aromatic N) is 1. The molecular formula is C24H50ClNO2. The average Bonchev–Trinajstić information content (AvgIpc) is 2.66. The number of quaternary nitrogens is 1. The molecule has 0 aliphatic rings. The fourth-order valence-electron chi connectivity index (χ4n) is 3.48. The van der Waals surface area contributed by atoms with Gasteiger partial charge in [-0.3, -0.25) is 0 Å². The summed E-state index contributed by atoms with van der Waals surface area (Å²) in [5.74, 6) is 0. The maximum absolute atomic E-state index is 9.46. The van der Waals surface area contributed by atoms with Gasteiger partial charge in [-0.1, -0.05) is 96.1 Å². The van der Waals surface area contributed by atoms with Crippen LogP contribution < -0.4 is 12.4 Å². The normalized spacial score (nSPS) is 11.9. The summed E-state index contributed by atoms with van der Waals surface area (Å²) in [4.78, 5) is -0.811. The van der Waals surface area contributed by atoms with E-state index in [1.807, 2.05) is 0 Å². The lowest BCUT2D eigenvalue weighted by atomic mass is 10.1. The minimum absolute atomic E-state index is 0. The molecule has 0 aliphatic heterocycles. The Labute approximate surface area is 182 Å². The van der Waals surface area contributed by atoms with Crippen molar-refractivity contribution in [3.05, 3.63) is 12.2 Å². The van der Waals surface area contributed by atoms with Crippen LogP contribution in [0.25, 0.3) is 0 Å². The molecule has 0 aromatic heterocycles. The summed E-state index contributed by atoms with van der Waals surface area (Å²) in [7, 11) is 0.